The van der Waals surface area contributed by atoms with Gasteiger partial charge in [-0.3, -0.25) is 4.79 Å². The number of aromatic hydroxyl groups is 1. The molecule has 4 N–H and O–H groups in total. The van der Waals surface area contributed by atoms with E-state index in [-0.39, 0.29) is 18.8 Å². The van der Waals surface area contributed by atoms with Crippen LogP contribution in [-0.2, 0) is 22.6 Å². The van der Waals surface area contributed by atoms with Crippen molar-refractivity contribution in [2.24, 2.45) is 5.10 Å². The Morgan fingerprint density at radius 3 is 2.75 bits per heavy atom. The van der Waals surface area contributed by atoms with Gasteiger partial charge in [0.25, 0.3) is 5.91 Å². The Hall–Kier alpha value is -2.68. The first-order chi connectivity index (χ1) is 15.4. The van der Waals surface area contributed by atoms with Crippen molar-refractivity contribution in [3.8, 4) is 5.75 Å². The summed E-state index contributed by atoms with van der Waals surface area (Å²) >= 11 is 4.14. The molecule has 0 aliphatic heterocycles. The zero-order valence-corrected chi connectivity index (χ0v) is 20.9. The summed E-state index contributed by atoms with van der Waals surface area (Å²) in [7, 11) is 0. The van der Waals surface area contributed by atoms with Crippen LogP contribution in [0.4, 0.5) is 4.79 Å². The van der Waals surface area contributed by atoms with Crippen molar-refractivity contribution in [2.45, 2.75) is 19.1 Å². The second kappa shape index (κ2) is 11.8. The normalized spacial score (nSPS) is 11.8. The number of imidazole rings is 1. The maximum Gasteiger partial charge on any atom is 0.408 e. The predicted octanol–water partition coefficient (Wildman–Crippen LogP) is 3.31. The van der Waals surface area contributed by atoms with Gasteiger partial charge < -0.3 is 20.1 Å². The molecule has 2 aromatic carbocycles. The number of phenols is 1. The molecule has 1 atom stereocenters. The van der Waals surface area contributed by atoms with Crippen LogP contribution in [0.3, 0.4) is 0 Å². The van der Waals surface area contributed by atoms with Crippen molar-refractivity contribution >= 4 is 63.4 Å². The number of carbonyl (C=O) groups excluding carboxylic acids is 2. The van der Waals surface area contributed by atoms with Gasteiger partial charge >= 0.3 is 6.09 Å². The highest BCUT2D eigenvalue weighted by Crippen LogP contribution is 2.25. The smallest absolute Gasteiger partial charge is 0.408 e. The van der Waals surface area contributed by atoms with E-state index in [9.17, 15) is 14.7 Å². The molecule has 0 radical (unpaired) electrons. The number of ether oxygens (including phenoxy) is 1. The molecule has 0 bridgehead atoms. The van der Waals surface area contributed by atoms with Gasteiger partial charge in [0.2, 0.25) is 0 Å². The molecule has 1 heterocycles. The van der Waals surface area contributed by atoms with Crippen molar-refractivity contribution in [3.63, 3.8) is 0 Å². The number of halogens is 2. The van der Waals surface area contributed by atoms with E-state index in [1.807, 2.05) is 59.0 Å². The zero-order valence-electron chi connectivity index (χ0n) is 16.6. The number of aromatic nitrogens is 2. The molecule has 32 heavy (non-hydrogen) atoms. The molecule has 1 aromatic heterocycles. The Labute approximate surface area is 211 Å². The molecular weight excluding hydrogens is 640 g/mol. The summed E-state index contributed by atoms with van der Waals surface area (Å²) in [6.45, 7) is 0.0772. The largest absolute Gasteiger partial charge is 0.506 e. The summed E-state index contributed by atoms with van der Waals surface area (Å²) in [4.78, 5) is 31.8. The van der Waals surface area contributed by atoms with Gasteiger partial charge in [-0.1, -0.05) is 30.3 Å². The molecular formula is C21H19I2N5O4. The summed E-state index contributed by atoms with van der Waals surface area (Å²) in [5.74, 6) is -0.479. The van der Waals surface area contributed by atoms with Gasteiger partial charge in [-0.25, -0.2) is 15.2 Å². The molecule has 0 spiro atoms. The molecule has 3 rings (SSSR count). The number of nitrogens with zero attached hydrogens (tertiary/aromatic N) is 2. The second-order valence-electron chi connectivity index (χ2n) is 6.60. The van der Waals surface area contributed by atoms with Crippen LogP contribution in [0.5, 0.6) is 5.75 Å². The number of amides is 2. The van der Waals surface area contributed by atoms with Crippen LogP contribution < -0.4 is 10.7 Å². The molecule has 2 amide bonds. The third-order valence-corrected chi connectivity index (χ3v) is 5.68. The third-order valence-electron chi connectivity index (χ3n) is 4.24. The number of hydrogen-bond donors (Lipinski definition) is 4. The first-order valence-corrected chi connectivity index (χ1v) is 11.5. The van der Waals surface area contributed by atoms with Crippen LogP contribution in [0.25, 0.3) is 0 Å². The van der Waals surface area contributed by atoms with E-state index in [1.165, 1.54) is 12.5 Å². The van der Waals surface area contributed by atoms with E-state index >= 15 is 0 Å². The van der Waals surface area contributed by atoms with Crippen LogP contribution in [0.2, 0.25) is 0 Å². The summed E-state index contributed by atoms with van der Waals surface area (Å²) < 4.78 is 6.80. The SMILES string of the molecule is O=C(N[C@H](Cc1cnc[nH]1)C(=O)N/N=C\c1cc(I)cc(I)c1O)OCc1ccccc1. The first kappa shape index (κ1) is 24.0. The van der Waals surface area contributed by atoms with Crippen LogP contribution in [0, 0.1) is 7.14 Å². The number of hydrazone groups is 1. The lowest BCUT2D eigenvalue weighted by molar-refractivity contribution is -0.123. The highest BCUT2D eigenvalue weighted by molar-refractivity contribution is 14.1. The molecule has 0 saturated heterocycles. The number of phenolic OH excluding ortho intramolecular Hbond substituents is 1. The van der Waals surface area contributed by atoms with Crippen molar-refractivity contribution in [1.29, 1.82) is 0 Å². The molecule has 166 valence electrons. The average Bonchev–Trinajstić information content (AvgIpc) is 3.29. The molecule has 0 unspecified atom stereocenters. The number of rotatable bonds is 8. The highest BCUT2D eigenvalue weighted by Gasteiger charge is 2.22. The predicted molar refractivity (Wildman–Crippen MR) is 135 cm³/mol. The molecule has 0 saturated carbocycles. The third kappa shape index (κ3) is 7.19. The Kier molecular flexibility index (Phi) is 8.84. The number of H-pyrrole nitrogens is 1. The van der Waals surface area contributed by atoms with Crippen molar-refractivity contribution in [3.05, 3.63) is 78.9 Å². The summed E-state index contributed by atoms with van der Waals surface area (Å²) in [6.07, 6.45) is 3.82. The standard InChI is InChI=1S/C21H19I2N5O4/c22-15-6-14(19(29)17(23)7-15)9-26-28-20(30)18(8-16-10-24-12-25-16)27-21(31)32-11-13-4-2-1-3-5-13/h1-7,9-10,12,18,29H,8,11H2,(H,24,25)(H,27,31)(H,28,30)/b26-9-/t18-/m1/s1. The number of aromatic amines is 1. The van der Waals surface area contributed by atoms with E-state index in [0.29, 0.717) is 14.8 Å². The van der Waals surface area contributed by atoms with E-state index in [1.54, 1.807) is 12.3 Å². The topological polar surface area (TPSA) is 129 Å². The maximum atomic E-state index is 12.7. The fraction of sp³-hybridized carbons (Fsp3) is 0.143. The van der Waals surface area contributed by atoms with Gasteiger partial charge in [-0.2, -0.15) is 5.10 Å². The number of alkyl carbamates (subject to hydrolysis) is 1. The molecule has 3 aromatic rings. The first-order valence-electron chi connectivity index (χ1n) is 9.37. The minimum Gasteiger partial charge on any atom is -0.506 e. The summed E-state index contributed by atoms with van der Waals surface area (Å²) in [5, 5.41) is 16.6. The number of benzene rings is 2. The summed E-state index contributed by atoms with van der Waals surface area (Å²) in [6, 6.07) is 11.8. The Morgan fingerprint density at radius 2 is 2.03 bits per heavy atom. The number of carbonyl (C=O) groups is 2. The fourth-order valence-electron chi connectivity index (χ4n) is 2.66. The van der Waals surface area contributed by atoms with Crippen LogP contribution in [0.1, 0.15) is 16.8 Å². The quantitative estimate of drug-likeness (QED) is 0.168. The lowest BCUT2D eigenvalue weighted by atomic mass is 10.1. The zero-order chi connectivity index (χ0) is 22.9. The van der Waals surface area contributed by atoms with Crippen molar-refractivity contribution < 1.29 is 19.4 Å². The molecule has 9 nitrogen and oxygen atoms in total. The van der Waals surface area contributed by atoms with E-state index in [4.69, 9.17) is 4.74 Å². The Balaban J connectivity index is 1.63. The van der Waals surface area contributed by atoms with E-state index in [0.717, 1.165) is 9.13 Å². The monoisotopic (exact) mass is 659 g/mol. The number of nitrogens with one attached hydrogen (secondary N) is 3. The van der Waals surface area contributed by atoms with Crippen LogP contribution in [0.15, 0.2) is 60.1 Å². The number of hydrogen-bond acceptors (Lipinski definition) is 6. The van der Waals surface area contributed by atoms with Gasteiger partial charge in [0, 0.05) is 27.4 Å². The van der Waals surface area contributed by atoms with Gasteiger partial charge in [0.1, 0.15) is 18.4 Å². The molecule has 0 aliphatic rings. The lowest BCUT2D eigenvalue weighted by Crippen LogP contribution is -2.47. The Bertz CT molecular complexity index is 1090. The molecule has 11 heteroatoms. The van der Waals surface area contributed by atoms with Gasteiger partial charge in [-0.15, -0.1) is 0 Å². The highest BCUT2D eigenvalue weighted by atomic mass is 127. The van der Waals surface area contributed by atoms with Gasteiger partial charge in [-0.05, 0) is 62.9 Å². The molecule has 0 aliphatic carbocycles. The minimum absolute atomic E-state index is 0.0700. The maximum absolute atomic E-state index is 12.7. The minimum atomic E-state index is -0.958. The Morgan fingerprint density at radius 1 is 1.25 bits per heavy atom. The average molecular weight is 659 g/mol. The molecule has 0 fully saturated rings. The van der Waals surface area contributed by atoms with E-state index < -0.39 is 18.0 Å². The van der Waals surface area contributed by atoms with Crippen molar-refractivity contribution in [2.75, 3.05) is 0 Å². The second-order valence-corrected chi connectivity index (χ2v) is 9.01. The van der Waals surface area contributed by atoms with Gasteiger partial charge in [0.05, 0.1) is 16.1 Å². The van der Waals surface area contributed by atoms with Gasteiger partial charge in [0.15, 0.2) is 0 Å². The fourth-order valence-corrected chi connectivity index (χ4v) is 4.55. The van der Waals surface area contributed by atoms with Crippen LogP contribution >= 0.6 is 45.2 Å². The lowest BCUT2D eigenvalue weighted by Gasteiger charge is -2.16. The van der Waals surface area contributed by atoms with Crippen LogP contribution in [-0.4, -0.2) is 39.3 Å². The summed E-state index contributed by atoms with van der Waals surface area (Å²) in [5.41, 5.74) is 4.34. The van der Waals surface area contributed by atoms with E-state index in [2.05, 4.69) is 48.4 Å². The van der Waals surface area contributed by atoms with Crippen molar-refractivity contribution in [1.82, 2.24) is 20.7 Å².